The second-order valence-electron chi connectivity index (χ2n) is 6.58. The van der Waals surface area contributed by atoms with Gasteiger partial charge in [-0.05, 0) is 37.3 Å². The van der Waals surface area contributed by atoms with Crippen LogP contribution < -0.4 is 10.6 Å². The highest BCUT2D eigenvalue weighted by atomic mass is 35.5. The number of benzene rings is 1. The molecule has 1 saturated heterocycles. The number of nitrogens with one attached hydrogen (secondary N) is 2. The first kappa shape index (κ1) is 19.9. The molecule has 0 aromatic heterocycles. The summed E-state index contributed by atoms with van der Waals surface area (Å²) in [5, 5.41) is 6.29. The molecular formula is C18H29ClN2O2. The van der Waals surface area contributed by atoms with E-state index in [0.717, 1.165) is 18.5 Å². The molecule has 0 spiro atoms. The SMILES string of the molecule is CC(C)Cc1ccc(C(C)NC(=O)[C@H]2NCCO[C@@H]2C)cc1.Cl. The van der Waals surface area contributed by atoms with Crippen molar-refractivity contribution in [1.82, 2.24) is 10.6 Å². The Hall–Kier alpha value is -1.10. The molecule has 3 atom stereocenters. The van der Waals surface area contributed by atoms with Crippen LogP contribution in [-0.2, 0) is 16.0 Å². The molecule has 1 aromatic rings. The average Bonchev–Trinajstić information content (AvgIpc) is 2.47. The van der Waals surface area contributed by atoms with E-state index in [4.69, 9.17) is 4.74 Å². The molecule has 4 nitrogen and oxygen atoms in total. The molecule has 1 fully saturated rings. The predicted molar refractivity (Wildman–Crippen MR) is 96.0 cm³/mol. The number of halogens is 1. The second kappa shape index (κ2) is 9.26. The van der Waals surface area contributed by atoms with Gasteiger partial charge >= 0.3 is 0 Å². The third-order valence-electron chi connectivity index (χ3n) is 4.08. The first-order chi connectivity index (χ1) is 10.5. The first-order valence-electron chi connectivity index (χ1n) is 8.21. The van der Waals surface area contributed by atoms with Gasteiger partial charge in [0.2, 0.25) is 5.91 Å². The van der Waals surface area contributed by atoms with Gasteiger partial charge in [0.05, 0.1) is 18.8 Å². The van der Waals surface area contributed by atoms with Crippen molar-refractivity contribution in [3.8, 4) is 0 Å². The van der Waals surface area contributed by atoms with Crippen LogP contribution in [-0.4, -0.2) is 31.2 Å². The van der Waals surface area contributed by atoms with Gasteiger partial charge < -0.3 is 15.4 Å². The van der Waals surface area contributed by atoms with E-state index < -0.39 is 0 Å². The number of hydrogen-bond donors (Lipinski definition) is 2. The van der Waals surface area contributed by atoms with E-state index in [-0.39, 0.29) is 36.5 Å². The molecule has 23 heavy (non-hydrogen) atoms. The molecule has 130 valence electrons. The minimum Gasteiger partial charge on any atom is -0.375 e. The second-order valence-corrected chi connectivity index (χ2v) is 6.58. The zero-order valence-electron chi connectivity index (χ0n) is 14.5. The highest BCUT2D eigenvalue weighted by Crippen LogP contribution is 2.16. The molecule has 0 saturated carbocycles. The number of hydrogen-bond acceptors (Lipinski definition) is 3. The zero-order chi connectivity index (χ0) is 16.1. The van der Waals surface area contributed by atoms with E-state index in [2.05, 4.69) is 48.7 Å². The fourth-order valence-corrected chi connectivity index (χ4v) is 2.83. The molecule has 1 aromatic carbocycles. The van der Waals surface area contributed by atoms with Gasteiger partial charge in [0.25, 0.3) is 0 Å². The van der Waals surface area contributed by atoms with E-state index in [1.807, 2.05) is 13.8 Å². The van der Waals surface area contributed by atoms with Crippen molar-refractivity contribution >= 4 is 18.3 Å². The van der Waals surface area contributed by atoms with Crippen molar-refractivity contribution < 1.29 is 9.53 Å². The van der Waals surface area contributed by atoms with Crippen molar-refractivity contribution in [1.29, 1.82) is 0 Å². The van der Waals surface area contributed by atoms with Crippen LogP contribution >= 0.6 is 12.4 Å². The fourth-order valence-electron chi connectivity index (χ4n) is 2.83. The summed E-state index contributed by atoms with van der Waals surface area (Å²) in [6.07, 6.45) is 0.997. The number of ether oxygens (including phenoxy) is 1. The summed E-state index contributed by atoms with van der Waals surface area (Å²) in [5.74, 6) is 0.660. The van der Waals surface area contributed by atoms with Crippen LogP contribution in [0, 0.1) is 5.92 Å². The Morgan fingerprint density at radius 3 is 2.52 bits per heavy atom. The molecular weight excluding hydrogens is 312 g/mol. The maximum atomic E-state index is 12.4. The molecule has 2 rings (SSSR count). The molecule has 2 N–H and O–H groups in total. The lowest BCUT2D eigenvalue weighted by Crippen LogP contribution is -2.55. The summed E-state index contributed by atoms with van der Waals surface area (Å²) in [4.78, 5) is 12.4. The van der Waals surface area contributed by atoms with Crippen LogP contribution in [0.4, 0.5) is 0 Å². The van der Waals surface area contributed by atoms with Gasteiger partial charge in [-0.25, -0.2) is 0 Å². The van der Waals surface area contributed by atoms with E-state index in [0.29, 0.717) is 12.5 Å². The lowest BCUT2D eigenvalue weighted by atomic mass is 9.99. The third kappa shape index (κ3) is 5.79. The summed E-state index contributed by atoms with van der Waals surface area (Å²) in [5.41, 5.74) is 2.47. The Morgan fingerprint density at radius 2 is 1.96 bits per heavy atom. The summed E-state index contributed by atoms with van der Waals surface area (Å²) in [7, 11) is 0. The van der Waals surface area contributed by atoms with Gasteiger partial charge in [-0.15, -0.1) is 12.4 Å². The Balaban J connectivity index is 0.00000264. The predicted octanol–water partition coefficient (Wildman–Crippen LogP) is 2.86. The Labute approximate surface area is 145 Å². The fraction of sp³-hybridized carbons (Fsp3) is 0.611. The monoisotopic (exact) mass is 340 g/mol. The highest BCUT2D eigenvalue weighted by Gasteiger charge is 2.29. The minimum absolute atomic E-state index is 0. The Kier molecular flexibility index (Phi) is 8.03. The van der Waals surface area contributed by atoms with Gasteiger partial charge in [0.15, 0.2) is 0 Å². The molecule has 1 unspecified atom stereocenters. The number of amides is 1. The molecule has 1 aliphatic heterocycles. The highest BCUT2D eigenvalue weighted by molar-refractivity contribution is 5.85. The largest absolute Gasteiger partial charge is 0.375 e. The molecule has 1 heterocycles. The standard InChI is InChI=1S/C18H28N2O2.ClH/c1-12(2)11-15-5-7-16(8-6-15)13(3)20-18(21)17-14(4)22-10-9-19-17;/h5-8,12-14,17,19H,9-11H2,1-4H3,(H,20,21);1H/t13?,14-,17+;/m1./s1. The molecule has 5 heteroatoms. The Bertz CT molecular complexity index is 490. The first-order valence-corrected chi connectivity index (χ1v) is 8.21. The molecule has 0 radical (unpaired) electrons. The lowest BCUT2D eigenvalue weighted by molar-refractivity contribution is -0.129. The molecule has 1 amide bonds. The van der Waals surface area contributed by atoms with Crippen molar-refractivity contribution in [3.05, 3.63) is 35.4 Å². The zero-order valence-corrected chi connectivity index (χ0v) is 15.3. The minimum atomic E-state index is -0.267. The van der Waals surface area contributed by atoms with E-state index >= 15 is 0 Å². The summed E-state index contributed by atoms with van der Waals surface area (Å²) < 4.78 is 5.53. The summed E-state index contributed by atoms with van der Waals surface area (Å²) >= 11 is 0. The number of morpholine rings is 1. The van der Waals surface area contributed by atoms with Crippen molar-refractivity contribution in [2.75, 3.05) is 13.2 Å². The topological polar surface area (TPSA) is 50.4 Å². The van der Waals surface area contributed by atoms with Gasteiger partial charge in [0.1, 0.15) is 6.04 Å². The average molecular weight is 341 g/mol. The Morgan fingerprint density at radius 1 is 1.30 bits per heavy atom. The van der Waals surface area contributed by atoms with Crippen LogP contribution in [0.15, 0.2) is 24.3 Å². The third-order valence-corrected chi connectivity index (χ3v) is 4.08. The molecule has 1 aliphatic rings. The van der Waals surface area contributed by atoms with E-state index in [1.54, 1.807) is 0 Å². The number of rotatable bonds is 5. The summed E-state index contributed by atoms with van der Waals surface area (Å²) in [6, 6.07) is 8.26. The lowest BCUT2D eigenvalue weighted by Gasteiger charge is -2.30. The number of carbonyl (C=O) groups is 1. The maximum Gasteiger partial charge on any atom is 0.240 e. The maximum absolute atomic E-state index is 12.4. The van der Waals surface area contributed by atoms with Crippen molar-refractivity contribution in [2.45, 2.75) is 52.3 Å². The summed E-state index contributed by atoms with van der Waals surface area (Å²) in [6.45, 7) is 9.78. The van der Waals surface area contributed by atoms with Crippen LogP contribution in [0.2, 0.25) is 0 Å². The molecule has 0 aliphatic carbocycles. The van der Waals surface area contributed by atoms with Crippen molar-refractivity contribution in [2.24, 2.45) is 5.92 Å². The smallest absolute Gasteiger partial charge is 0.240 e. The molecule has 0 bridgehead atoms. The van der Waals surface area contributed by atoms with Gasteiger partial charge in [-0.2, -0.15) is 0 Å². The van der Waals surface area contributed by atoms with Crippen molar-refractivity contribution in [3.63, 3.8) is 0 Å². The van der Waals surface area contributed by atoms with Gasteiger partial charge in [0, 0.05) is 6.54 Å². The van der Waals surface area contributed by atoms with Crippen LogP contribution in [0.25, 0.3) is 0 Å². The normalized spacial score (nSPS) is 22.3. The van der Waals surface area contributed by atoms with Crippen LogP contribution in [0.5, 0.6) is 0 Å². The van der Waals surface area contributed by atoms with E-state index in [9.17, 15) is 4.79 Å². The van der Waals surface area contributed by atoms with E-state index in [1.165, 1.54) is 5.56 Å². The quantitative estimate of drug-likeness (QED) is 0.866. The van der Waals surface area contributed by atoms with Gasteiger partial charge in [-0.3, -0.25) is 4.79 Å². The van der Waals surface area contributed by atoms with Crippen LogP contribution in [0.3, 0.4) is 0 Å². The van der Waals surface area contributed by atoms with Crippen LogP contribution in [0.1, 0.15) is 44.9 Å². The van der Waals surface area contributed by atoms with Gasteiger partial charge in [-0.1, -0.05) is 38.1 Å². The number of carbonyl (C=O) groups excluding carboxylic acids is 1.